The molecule has 4 N–H and O–H groups in total. The Morgan fingerprint density at radius 3 is 2.08 bits per heavy atom. The van der Waals surface area contributed by atoms with Gasteiger partial charge in [0.2, 0.25) is 0 Å². The number of fused-ring (bicyclic) bond motifs is 13. The van der Waals surface area contributed by atoms with Gasteiger partial charge in [-0.2, -0.15) is 0 Å². The van der Waals surface area contributed by atoms with Crippen molar-refractivity contribution in [1.82, 2.24) is 0 Å². The van der Waals surface area contributed by atoms with E-state index >= 15 is 0 Å². The highest BCUT2D eigenvalue weighted by molar-refractivity contribution is 6.03. The standard InChI is InChI=1S/C34H24N2O/c1-19-10-13-23-24-14-12-21(35)17-29(24)34(28(23)16-19)27-15-11-20-6-2-3-7-22(20)32(27)37-33-26-9-5-4-8-25(26)31(36)18-30(33)34/h2-18H,35-36H2,1H3. The predicted octanol–water partition coefficient (Wildman–Crippen LogP) is 7.93. The first-order chi connectivity index (χ1) is 18.1. The summed E-state index contributed by atoms with van der Waals surface area (Å²) >= 11 is 0. The third-order valence-corrected chi connectivity index (χ3v) is 8.24. The van der Waals surface area contributed by atoms with E-state index < -0.39 is 5.41 Å². The van der Waals surface area contributed by atoms with Crippen LogP contribution in [0.4, 0.5) is 11.4 Å². The molecule has 6 aromatic rings. The number of anilines is 2. The van der Waals surface area contributed by atoms with Crippen LogP contribution in [0, 0.1) is 6.92 Å². The number of aryl methyl sites for hydroxylation is 1. The molecule has 1 aliphatic heterocycles. The quantitative estimate of drug-likeness (QED) is 0.218. The van der Waals surface area contributed by atoms with Gasteiger partial charge in [-0.15, -0.1) is 0 Å². The van der Waals surface area contributed by atoms with Gasteiger partial charge in [0.15, 0.2) is 0 Å². The summed E-state index contributed by atoms with van der Waals surface area (Å²) < 4.78 is 6.95. The number of hydrogen-bond acceptors (Lipinski definition) is 3. The topological polar surface area (TPSA) is 61.3 Å². The highest BCUT2D eigenvalue weighted by Crippen LogP contribution is 2.64. The Bertz CT molecular complexity index is 1900. The minimum Gasteiger partial charge on any atom is -0.455 e. The van der Waals surface area contributed by atoms with Crippen LogP contribution in [0.25, 0.3) is 32.7 Å². The van der Waals surface area contributed by atoms with Crippen LogP contribution in [0.3, 0.4) is 0 Å². The first-order valence-corrected chi connectivity index (χ1v) is 12.6. The molecule has 1 aliphatic carbocycles. The summed E-state index contributed by atoms with van der Waals surface area (Å²) in [5.74, 6) is 1.75. The fourth-order valence-electron chi connectivity index (χ4n) is 6.70. The zero-order valence-corrected chi connectivity index (χ0v) is 20.4. The lowest BCUT2D eigenvalue weighted by Gasteiger charge is -2.40. The Labute approximate surface area is 214 Å². The molecule has 1 unspecified atom stereocenters. The number of ether oxygens (including phenoxy) is 1. The van der Waals surface area contributed by atoms with Crippen LogP contribution in [0.5, 0.6) is 11.5 Å². The Balaban J connectivity index is 1.65. The summed E-state index contributed by atoms with van der Waals surface area (Å²) in [6.45, 7) is 2.15. The summed E-state index contributed by atoms with van der Waals surface area (Å²) in [4.78, 5) is 0. The highest BCUT2D eigenvalue weighted by atomic mass is 16.5. The van der Waals surface area contributed by atoms with Crippen LogP contribution < -0.4 is 16.2 Å². The molecule has 1 heterocycles. The summed E-state index contributed by atoms with van der Waals surface area (Å²) in [6, 6.07) is 36.3. The largest absolute Gasteiger partial charge is 0.455 e. The van der Waals surface area contributed by atoms with Crippen molar-refractivity contribution in [1.29, 1.82) is 0 Å². The number of benzene rings is 6. The maximum absolute atomic E-state index is 6.95. The summed E-state index contributed by atoms with van der Waals surface area (Å²) in [6.07, 6.45) is 0. The van der Waals surface area contributed by atoms with Crippen LogP contribution in [0.15, 0.2) is 103 Å². The predicted molar refractivity (Wildman–Crippen MR) is 152 cm³/mol. The van der Waals surface area contributed by atoms with E-state index in [-0.39, 0.29) is 0 Å². The van der Waals surface area contributed by atoms with Crippen molar-refractivity contribution < 1.29 is 4.74 Å². The van der Waals surface area contributed by atoms with Gasteiger partial charge in [0.05, 0.1) is 5.41 Å². The average Bonchev–Trinajstić information content (AvgIpc) is 3.19. The van der Waals surface area contributed by atoms with Crippen molar-refractivity contribution in [3.63, 3.8) is 0 Å². The molecule has 176 valence electrons. The first-order valence-electron chi connectivity index (χ1n) is 12.6. The molecular weight excluding hydrogens is 452 g/mol. The van der Waals surface area contributed by atoms with Gasteiger partial charge < -0.3 is 16.2 Å². The fraction of sp³-hybridized carbons (Fsp3) is 0.0588. The lowest BCUT2D eigenvalue weighted by molar-refractivity contribution is 0.447. The minimum atomic E-state index is -0.614. The number of rotatable bonds is 0. The molecule has 8 rings (SSSR count). The van der Waals surface area contributed by atoms with Crippen molar-refractivity contribution in [3.05, 3.63) is 131 Å². The number of nitrogens with two attached hydrogens (primary N) is 2. The van der Waals surface area contributed by atoms with Crippen molar-refractivity contribution in [2.45, 2.75) is 12.3 Å². The number of hydrogen-bond donors (Lipinski definition) is 2. The lowest BCUT2D eigenvalue weighted by Crippen LogP contribution is -2.32. The molecule has 0 bridgehead atoms. The lowest BCUT2D eigenvalue weighted by atomic mass is 9.65. The van der Waals surface area contributed by atoms with E-state index in [4.69, 9.17) is 16.2 Å². The maximum atomic E-state index is 6.95. The van der Waals surface area contributed by atoms with E-state index in [0.717, 1.165) is 55.5 Å². The van der Waals surface area contributed by atoms with Gasteiger partial charge >= 0.3 is 0 Å². The van der Waals surface area contributed by atoms with E-state index in [1.807, 2.05) is 12.1 Å². The molecule has 1 spiro atoms. The molecule has 0 saturated carbocycles. The fourth-order valence-corrected chi connectivity index (χ4v) is 6.70. The smallest absolute Gasteiger partial charge is 0.140 e. The Hall–Kier alpha value is -4.76. The molecule has 3 nitrogen and oxygen atoms in total. The molecule has 37 heavy (non-hydrogen) atoms. The summed E-state index contributed by atoms with van der Waals surface area (Å²) in [5.41, 5.74) is 22.3. The van der Waals surface area contributed by atoms with Crippen LogP contribution in [-0.2, 0) is 5.41 Å². The first kappa shape index (κ1) is 20.4. The molecule has 3 heteroatoms. The molecule has 0 radical (unpaired) electrons. The van der Waals surface area contributed by atoms with E-state index in [1.54, 1.807) is 0 Å². The van der Waals surface area contributed by atoms with Crippen LogP contribution >= 0.6 is 0 Å². The molecular formula is C34H24N2O. The second kappa shape index (κ2) is 6.92. The highest BCUT2D eigenvalue weighted by Gasteiger charge is 2.52. The third kappa shape index (κ3) is 2.46. The molecule has 2 aliphatic rings. The van der Waals surface area contributed by atoms with Crippen LogP contribution in [0.1, 0.15) is 27.8 Å². The molecule has 0 fully saturated rings. The molecule has 0 saturated heterocycles. The van der Waals surface area contributed by atoms with Gasteiger partial charge in [0.25, 0.3) is 0 Å². The average molecular weight is 477 g/mol. The SMILES string of the molecule is Cc1ccc2c(c1)C1(c3cc(N)ccc3-2)c2ccc3ccccc3c2Oc2c1cc(N)c1ccccc21. The normalized spacial score (nSPS) is 16.8. The molecule has 0 aromatic heterocycles. The Morgan fingerprint density at radius 2 is 1.24 bits per heavy atom. The van der Waals surface area contributed by atoms with Crippen molar-refractivity contribution >= 4 is 32.9 Å². The zero-order valence-electron chi connectivity index (χ0n) is 20.4. The van der Waals surface area contributed by atoms with E-state index in [0.29, 0.717) is 0 Å². The zero-order chi connectivity index (χ0) is 24.9. The maximum Gasteiger partial charge on any atom is 0.140 e. The van der Waals surface area contributed by atoms with Crippen LogP contribution in [-0.4, -0.2) is 0 Å². The van der Waals surface area contributed by atoms with Gasteiger partial charge in [-0.1, -0.05) is 90.5 Å². The second-order valence-electron chi connectivity index (χ2n) is 10.3. The molecule has 6 aromatic carbocycles. The van der Waals surface area contributed by atoms with Crippen molar-refractivity contribution in [3.8, 4) is 22.6 Å². The van der Waals surface area contributed by atoms with Gasteiger partial charge in [-0.05, 0) is 52.8 Å². The second-order valence-corrected chi connectivity index (χ2v) is 10.3. The van der Waals surface area contributed by atoms with E-state index in [1.165, 1.54) is 27.8 Å². The summed E-state index contributed by atoms with van der Waals surface area (Å²) in [5, 5.41) is 4.25. The Morgan fingerprint density at radius 1 is 0.568 bits per heavy atom. The van der Waals surface area contributed by atoms with Gasteiger partial charge in [0.1, 0.15) is 11.5 Å². The van der Waals surface area contributed by atoms with Gasteiger partial charge in [0, 0.05) is 38.7 Å². The molecule has 0 amide bonds. The van der Waals surface area contributed by atoms with Crippen LogP contribution in [0.2, 0.25) is 0 Å². The van der Waals surface area contributed by atoms with Crippen molar-refractivity contribution in [2.24, 2.45) is 0 Å². The third-order valence-electron chi connectivity index (χ3n) is 8.24. The molecule has 1 atom stereocenters. The van der Waals surface area contributed by atoms with Gasteiger partial charge in [-0.25, -0.2) is 0 Å². The van der Waals surface area contributed by atoms with E-state index in [9.17, 15) is 0 Å². The number of nitrogen functional groups attached to an aromatic ring is 2. The van der Waals surface area contributed by atoms with Crippen molar-refractivity contribution in [2.75, 3.05) is 11.5 Å². The summed E-state index contributed by atoms with van der Waals surface area (Å²) in [7, 11) is 0. The minimum absolute atomic E-state index is 0.614. The monoisotopic (exact) mass is 476 g/mol. The van der Waals surface area contributed by atoms with Gasteiger partial charge in [-0.3, -0.25) is 0 Å². The Kier molecular flexibility index (Phi) is 3.82. The van der Waals surface area contributed by atoms with E-state index in [2.05, 4.69) is 97.9 Å².